The Morgan fingerprint density at radius 2 is 1.64 bits per heavy atom. The largest absolute Gasteiger partial charge is 0.573 e. The van der Waals surface area contributed by atoms with E-state index in [0.29, 0.717) is 5.69 Å². The second-order valence-electron chi connectivity index (χ2n) is 8.60. The molecule has 1 N–H and O–H groups in total. The first-order chi connectivity index (χ1) is 17.0. The standard InChI is InChI=1S/C26H22F3N3O4/c1-14(2)16-5-7-18(8-6-16)23(33)21-22(17-9-11-19(12-10-17)36-26(27,28)29)32(25(35)24(21)34)20-13-4-15(3)30-31-20/h4-14,22,34H,1-3H3. The molecule has 0 bridgehead atoms. The van der Waals surface area contributed by atoms with Gasteiger partial charge in [-0.1, -0.05) is 50.2 Å². The van der Waals surface area contributed by atoms with E-state index in [4.69, 9.17) is 0 Å². The number of ether oxygens (including phenoxy) is 1. The molecule has 7 nitrogen and oxygen atoms in total. The molecule has 0 fully saturated rings. The molecule has 36 heavy (non-hydrogen) atoms. The van der Waals surface area contributed by atoms with Crippen molar-refractivity contribution in [3.8, 4) is 5.75 Å². The topological polar surface area (TPSA) is 92.6 Å². The van der Waals surface area contributed by atoms with E-state index < -0.39 is 35.6 Å². The number of rotatable bonds is 6. The summed E-state index contributed by atoms with van der Waals surface area (Å²) < 4.78 is 41.8. The number of aliphatic hydroxyl groups is 1. The van der Waals surface area contributed by atoms with Gasteiger partial charge in [0.2, 0.25) is 0 Å². The molecule has 0 spiro atoms. The lowest BCUT2D eigenvalue weighted by Gasteiger charge is -2.26. The third kappa shape index (κ3) is 4.93. The Labute approximate surface area is 204 Å². The third-order valence-corrected chi connectivity index (χ3v) is 5.75. The SMILES string of the molecule is Cc1ccc(N2C(=O)C(O)=C(C(=O)c3ccc(C(C)C)cc3)C2c2ccc(OC(F)(F)F)cc2)nn1. The molecule has 0 saturated carbocycles. The van der Waals surface area contributed by atoms with Gasteiger partial charge in [-0.25, -0.2) is 0 Å². The summed E-state index contributed by atoms with van der Waals surface area (Å²) in [5, 5.41) is 18.8. The molecule has 4 rings (SSSR count). The number of alkyl halides is 3. The summed E-state index contributed by atoms with van der Waals surface area (Å²) in [5.41, 5.74) is 1.87. The van der Waals surface area contributed by atoms with Gasteiger partial charge < -0.3 is 9.84 Å². The minimum atomic E-state index is -4.88. The van der Waals surface area contributed by atoms with Gasteiger partial charge >= 0.3 is 6.36 Å². The molecule has 10 heteroatoms. The van der Waals surface area contributed by atoms with Crippen molar-refractivity contribution in [3.63, 3.8) is 0 Å². The molecule has 1 aromatic heterocycles. The Morgan fingerprint density at radius 1 is 1.00 bits per heavy atom. The number of hydrogen-bond donors (Lipinski definition) is 1. The smallest absolute Gasteiger partial charge is 0.503 e. The van der Waals surface area contributed by atoms with Crippen LogP contribution >= 0.6 is 0 Å². The van der Waals surface area contributed by atoms with Crippen molar-refractivity contribution >= 4 is 17.5 Å². The zero-order valence-electron chi connectivity index (χ0n) is 19.6. The van der Waals surface area contributed by atoms with Crippen LogP contribution < -0.4 is 9.64 Å². The molecule has 1 aliphatic heterocycles. The van der Waals surface area contributed by atoms with E-state index in [2.05, 4.69) is 14.9 Å². The molecule has 0 aliphatic carbocycles. The Hall–Kier alpha value is -4.21. The van der Waals surface area contributed by atoms with Crippen molar-refractivity contribution in [2.75, 3.05) is 4.90 Å². The molecule has 1 atom stereocenters. The minimum Gasteiger partial charge on any atom is -0.503 e. The summed E-state index contributed by atoms with van der Waals surface area (Å²) in [6, 6.07) is 13.5. The molecule has 3 aromatic rings. The second kappa shape index (κ2) is 9.44. The van der Waals surface area contributed by atoms with Gasteiger partial charge in [0, 0.05) is 5.56 Å². The van der Waals surface area contributed by atoms with Gasteiger partial charge in [0.15, 0.2) is 17.4 Å². The average Bonchev–Trinajstić information content (AvgIpc) is 3.09. The summed E-state index contributed by atoms with van der Waals surface area (Å²) in [5.74, 6) is -2.42. The van der Waals surface area contributed by atoms with E-state index in [-0.39, 0.29) is 28.4 Å². The zero-order valence-corrected chi connectivity index (χ0v) is 19.6. The summed E-state index contributed by atoms with van der Waals surface area (Å²) >= 11 is 0. The number of carbonyl (C=O) groups is 2. The Balaban J connectivity index is 1.79. The molecule has 2 heterocycles. The van der Waals surface area contributed by atoms with Crippen molar-refractivity contribution in [2.45, 2.75) is 39.1 Å². The maximum atomic E-state index is 13.5. The number of anilines is 1. The quantitative estimate of drug-likeness (QED) is 0.447. The Morgan fingerprint density at radius 3 is 2.17 bits per heavy atom. The monoisotopic (exact) mass is 497 g/mol. The number of nitrogens with zero attached hydrogens (tertiary/aromatic N) is 3. The molecular formula is C26H22F3N3O4. The lowest BCUT2D eigenvalue weighted by Crippen LogP contribution is -2.32. The molecule has 1 aliphatic rings. The van der Waals surface area contributed by atoms with Crippen molar-refractivity contribution in [3.05, 3.63) is 94.4 Å². The van der Waals surface area contributed by atoms with Crippen LogP contribution in [0.4, 0.5) is 19.0 Å². The third-order valence-electron chi connectivity index (χ3n) is 5.75. The van der Waals surface area contributed by atoms with Gasteiger partial charge in [0.1, 0.15) is 5.75 Å². The van der Waals surface area contributed by atoms with Gasteiger partial charge in [-0.15, -0.1) is 18.3 Å². The van der Waals surface area contributed by atoms with Crippen LogP contribution in [-0.4, -0.2) is 33.4 Å². The van der Waals surface area contributed by atoms with E-state index >= 15 is 0 Å². The molecule has 0 saturated heterocycles. The number of carbonyl (C=O) groups excluding carboxylic acids is 2. The number of aromatic nitrogens is 2. The van der Waals surface area contributed by atoms with Crippen LogP contribution in [0.1, 0.15) is 53.0 Å². The van der Waals surface area contributed by atoms with Crippen molar-refractivity contribution in [1.82, 2.24) is 10.2 Å². The number of halogens is 3. The van der Waals surface area contributed by atoms with Crippen LogP contribution in [0, 0.1) is 6.92 Å². The average molecular weight is 497 g/mol. The van der Waals surface area contributed by atoms with Crippen molar-refractivity contribution < 1.29 is 32.6 Å². The fourth-order valence-corrected chi connectivity index (χ4v) is 3.94. The molecule has 1 amide bonds. The molecule has 186 valence electrons. The van der Waals surface area contributed by atoms with E-state index in [9.17, 15) is 27.9 Å². The number of hydrogen-bond acceptors (Lipinski definition) is 6. The Bertz CT molecular complexity index is 1320. The fourth-order valence-electron chi connectivity index (χ4n) is 3.94. The summed E-state index contributed by atoms with van der Waals surface area (Å²) in [6.07, 6.45) is -4.88. The highest BCUT2D eigenvalue weighted by molar-refractivity contribution is 6.20. The Kier molecular flexibility index (Phi) is 6.53. The molecule has 0 radical (unpaired) electrons. The number of ketones is 1. The predicted octanol–water partition coefficient (Wildman–Crippen LogP) is 5.59. The van der Waals surface area contributed by atoms with E-state index in [1.54, 1.807) is 37.3 Å². The van der Waals surface area contributed by atoms with Gasteiger partial charge in [-0.2, -0.15) is 5.10 Å². The first kappa shape index (κ1) is 24.9. The maximum Gasteiger partial charge on any atom is 0.573 e. The van der Waals surface area contributed by atoms with Crippen LogP contribution in [-0.2, 0) is 4.79 Å². The van der Waals surface area contributed by atoms with Crippen LogP contribution in [0.3, 0.4) is 0 Å². The number of aliphatic hydroxyl groups excluding tert-OH is 1. The highest BCUT2D eigenvalue weighted by atomic mass is 19.4. The normalized spacial score (nSPS) is 16.1. The second-order valence-corrected chi connectivity index (χ2v) is 8.60. The first-order valence-corrected chi connectivity index (χ1v) is 11.0. The number of benzene rings is 2. The highest BCUT2D eigenvalue weighted by Crippen LogP contribution is 2.41. The number of Topliss-reactive ketones (excluding diaryl/α,β-unsaturated/α-hetero) is 1. The van der Waals surface area contributed by atoms with Crippen LogP contribution in [0.5, 0.6) is 5.75 Å². The lowest BCUT2D eigenvalue weighted by atomic mass is 9.91. The van der Waals surface area contributed by atoms with Gasteiger partial charge in [0.05, 0.1) is 17.3 Å². The predicted molar refractivity (Wildman–Crippen MR) is 125 cm³/mol. The van der Waals surface area contributed by atoms with Crippen LogP contribution in [0.2, 0.25) is 0 Å². The van der Waals surface area contributed by atoms with Gasteiger partial charge in [-0.05, 0) is 48.2 Å². The maximum absolute atomic E-state index is 13.5. The molecule has 1 unspecified atom stereocenters. The summed E-state index contributed by atoms with van der Waals surface area (Å²) in [7, 11) is 0. The fraction of sp³-hybridized carbons (Fsp3) is 0.231. The van der Waals surface area contributed by atoms with Gasteiger partial charge in [0.25, 0.3) is 5.91 Å². The van der Waals surface area contributed by atoms with Crippen LogP contribution in [0.25, 0.3) is 0 Å². The van der Waals surface area contributed by atoms with Crippen molar-refractivity contribution in [2.24, 2.45) is 0 Å². The number of amides is 1. The van der Waals surface area contributed by atoms with E-state index in [0.717, 1.165) is 22.6 Å². The zero-order chi connectivity index (χ0) is 26.2. The van der Waals surface area contributed by atoms with Gasteiger partial charge in [-0.3, -0.25) is 14.5 Å². The van der Waals surface area contributed by atoms with E-state index in [1.165, 1.54) is 18.2 Å². The molecular weight excluding hydrogens is 475 g/mol. The molecule has 2 aromatic carbocycles. The summed E-state index contributed by atoms with van der Waals surface area (Å²) in [4.78, 5) is 27.8. The lowest BCUT2D eigenvalue weighted by molar-refractivity contribution is -0.274. The summed E-state index contributed by atoms with van der Waals surface area (Å²) in [6.45, 7) is 5.71. The van der Waals surface area contributed by atoms with Crippen LogP contribution in [0.15, 0.2) is 72.0 Å². The highest BCUT2D eigenvalue weighted by Gasteiger charge is 2.45. The minimum absolute atomic E-state index is 0.0655. The first-order valence-electron chi connectivity index (χ1n) is 11.0. The number of aryl methyl sites for hydroxylation is 1. The van der Waals surface area contributed by atoms with Crippen molar-refractivity contribution in [1.29, 1.82) is 0 Å². The van der Waals surface area contributed by atoms with E-state index in [1.807, 2.05) is 13.8 Å².